The molecule has 0 aromatic heterocycles. The van der Waals surface area contributed by atoms with Crippen molar-refractivity contribution < 1.29 is 28.7 Å². The summed E-state index contributed by atoms with van der Waals surface area (Å²) in [6.07, 6.45) is 0.467. The van der Waals surface area contributed by atoms with Gasteiger partial charge in [0.15, 0.2) is 0 Å². The molecule has 1 aromatic carbocycles. The van der Waals surface area contributed by atoms with Crippen molar-refractivity contribution in [2.45, 2.75) is 26.9 Å². The van der Waals surface area contributed by atoms with Gasteiger partial charge in [-0.15, -0.1) is 0 Å². The molecular weight excluding hydrogens is 338 g/mol. The Bertz CT molecular complexity index is 803. The zero-order valence-electron chi connectivity index (χ0n) is 14.8. The van der Waals surface area contributed by atoms with Gasteiger partial charge < -0.3 is 9.47 Å². The Labute approximate surface area is 150 Å². The van der Waals surface area contributed by atoms with Crippen molar-refractivity contribution in [1.29, 1.82) is 0 Å². The first-order chi connectivity index (χ1) is 12.2. The van der Waals surface area contributed by atoms with E-state index in [1.54, 1.807) is 38.1 Å². The number of rotatable bonds is 4. The summed E-state index contributed by atoms with van der Waals surface area (Å²) in [5, 5.41) is 0. The Hall–Kier alpha value is -2.96. The van der Waals surface area contributed by atoms with Crippen LogP contribution in [0.2, 0.25) is 0 Å². The van der Waals surface area contributed by atoms with E-state index in [2.05, 4.69) is 0 Å². The van der Waals surface area contributed by atoms with Crippen LogP contribution in [-0.4, -0.2) is 47.9 Å². The molecule has 26 heavy (non-hydrogen) atoms. The molecule has 7 heteroatoms. The normalized spacial score (nSPS) is 21.7. The van der Waals surface area contributed by atoms with E-state index < -0.39 is 35.3 Å². The summed E-state index contributed by atoms with van der Waals surface area (Å²) >= 11 is 0. The number of carbonyl (C=O) groups excluding carboxylic acids is 4. The lowest BCUT2D eigenvalue weighted by Crippen LogP contribution is -2.35. The van der Waals surface area contributed by atoms with Crippen LogP contribution < -0.4 is 0 Å². The van der Waals surface area contributed by atoms with Gasteiger partial charge in [0.25, 0.3) is 11.8 Å². The summed E-state index contributed by atoms with van der Waals surface area (Å²) in [6, 6.07) is 6.56. The maximum atomic E-state index is 12.3. The summed E-state index contributed by atoms with van der Waals surface area (Å²) in [6.45, 7) is 5.18. The highest BCUT2D eigenvalue weighted by molar-refractivity contribution is 6.21. The summed E-state index contributed by atoms with van der Waals surface area (Å²) in [7, 11) is 0. The lowest BCUT2D eigenvalue weighted by atomic mass is 9.90. The number of carbonyl (C=O) groups is 4. The van der Waals surface area contributed by atoms with E-state index in [4.69, 9.17) is 9.47 Å². The standard InChI is InChI=1S/C19H19NO6/c1-11(17(23)26-14-18(24)25-10-19(14,2)3)8-9-20-15(21)12-6-4-5-7-13(12)16(20)22/h4-8,14H,9-10H2,1-3H3/b11-8+. The first-order valence-electron chi connectivity index (χ1n) is 8.22. The van der Waals surface area contributed by atoms with Crippen molar-refractivity contribution in [2.24, 2.45) is 5.41 Å². The number of imide groups is 1. The van der Waals surface area contributed by atoms with E-state index in [9.17, 15) is 19.2 Å². The van der Waals surface area contributed by atoms with Gasteiger partial charge in [-0.05, 0) is 19.1 Å². The van der Waals surface area contributed by atoms with Crippen LogP contribution in [0.3, 0.4) is 0 Å². The Morgan fingerprint density at radius 2 is 1.81 bits per heavy atom. The molecule has 0 spiro atoms. The fourth-order valence-corrected chi connectivity index (χ4v) is 2.85. The summed E-state index contributed by atoms with van der Waals surface area (Å²) in [5.74, 6) is -2.05. The molecule has 0 aliphatic carbocycles. The van der Waals surface area contributed by atoms with Crippen LogP contribution in [0, 0.1) is 5.41 Å². The number of hydrogen-bond donors (Lipinski definition) is 0. The highest BCUT2D eigenvalue weighted by Gasteiger charge is 2.46. The van der Waals surface area contributed by atoms with Crippen LogP contribution in [-0.2, 0) is 19.1 Å². The Balaban J connectivity index is 1.68. The topological polar surface area (TPSA) is 90.0 Å². The van der Waals surface area contributed by atoms with E-state index >= 15 is 0 Å². The van der Waals surface area contributed by atoms with Crippen LogP contribution in [0.1, 0.15) is 41.5 Å². The van der Waals surface area contributed by atoms with Crippen molar-refractivity contribution >= 4 is 23.8 Å². The second-order valence-electron chi connectivity index (χ2n) is 7.04. The largest absolute Gasteiger partial charge is 0.462 e. The van der Waals surface area contributed by atoms with Gasteiger partial charge in [0, 0.05) is 17.5 Å². The average molecular weight is 357 g/mol. The lowest BCUT2D eigenvalue weighted by Gasteiger charge is -2.21. The average Bonchev–Trinajstić information content (AvgIpc) is 3.01. The molecule has 2 aliphatic heterocycles. The third kappa shape index (κ3) is 3.00. The van der Waals surface area contributed by atoms with Crippen molar-refractivity contribution in [3.63, 3.8) is 0 Å². The molecule has 0 bridgehead atoms. The quantitative estimate of drug-likeness (QED) is 0.463. The second-order valence-corrected chi connectivity index (χ2v) is 7.04. The number of nitrogens with zero attached hydrogens (tertiary/aromatic N) is 1. The highest BCUT2D eigenvalue weighted by atomic mass is 16.6. The van der Waals surface area contributed by atoms with Gasteiger partial charge in [0.2, 0.25) is 6.10 Å². The van der Waals surface area contributed by atoms with Crippen molar-refractivity contribution in [1.82, 2.24) is 4.90 Å². The maximum absolute atomic E-state index is 12.3. The molecule has 0 saturated carbocycles. The Morgan fingerprint density at radius 3 is 2.31 bits per heavy atom. The number of cyclic esters (lactones) is 1. The minimum atomic E-state index is -0.974. The predicted molar refractivity (Wildman–Crippen MR) is 90.2 cm³/mol. The second kappa shape index (κ2) is 6.40. The molecular formula is C19H19NO6. The van der Waals surface area contributed by atoms with Gasteiger partial charge in [-0.1, -0.05) is 32.1 Å². The highest BCUT2D eigenvalue weighted by Crippen LogP contribution is 2.31. The van der Waals surface area contributed by atoms with Gasteiger partial charge in [-0.25, -0.2) is 9.59 Å². The van der Waals surface area contributed by atoms with Gasteiger partial charge in [-0.2, -0.15) is 0 Å². The smallest absolute Gasteiger partial charge is 0.348 e. The number of hydrogen-bond acceptors (Lipinski definition) is 6. The molecule has 1 fully saturated rings. The fraction of sp³-hybridized carbons (Fsp3) is 0.368. The Kier molecular flexibility index (Phi) is 4.39. The summed E-state index contributed by atoms with van der Waals surface area (Å²) in [4.78, 5) is 49.6. The third-order valence-electron chi connectivity index (χ3n) is 4.52. The van der Waals surface area contributed by atoms with Gasteiger partial charge in [0.05, 0.1) is 11.1 Å². The monoisotopic (exact) mass is 357 g/mol. The molecule has 2 heterocycles. The number of esters is 2. The Morgan fingerprint density at radius 1 is 1.23 bits per heavy atom. The molecule has 7 nitrogen and oxygen atoms in total. The first-order valence-corrected chi connectivity index (χ1v) is 8.22. The number of benzene rings is 1. The number of ether oxygens (including phenoxy) is 2. The van der Waals surface area contributed by atoms with E-state index in [1.165, 1.54) is 13.0 Å². The predicted octanol–water partition coefficient (Wildman–Crippen LogP) is 1.72. The summed E-state index contributed by atoms with van der Waals surface area (Å²) in [5.41, 5.74) is 0.301. The third-order valence-corrected chi connectivity index (χ3v) is 4.52. The van der Waals surface area contributed by atoms with E-state index in [-0.39, 0.29) is 18.7 Å². The molecule has 1 atom stereocenters. The molecule has 0 radical (unpaired) electrons. The molecule has 1 unspecified atom stereocenters. The van der Waals surface area contributed by atoms with Crippen LogP contribution in [0.4, 0.5) is 0 Å². The van der Waals surface area contributed by atoms with Crippen LogP contribution in [0.5, 0.6) is 0 Å². The van der Waals surface area contributed by atoms with Crippen molar-refractivity contribution in [3.8, 4) is 0 Å². The molecule has 3 rings (SSSR count). The number of fused-ring (bicyclic) bond motifs is 1. The van der Waals surface area contributed by atoms with Crippen LogP contribution >= 0.6 is 0 Å². The van der Waals surface area contributed by atoms with Gasteiger partial charge in [-0.3, -0.25) is 14.5 Å². The van der Waals surface area contributed by atoms with Crippen LogP contribution in [0.15, 0.2) is 35.9 Å². The maximum Gasteiger partial charge on any atom is 0.348 e. The molecule has 2 amide bonds. The fourth-order valence-electron chi connectivity index (χ4n) is 2.85. The zero-order valence-corrected chi connectivity index (χ0v) is 14.8. The van der Waals surface area contributed by atoms with Gasteiger partial charge in [0.1, 0.15) is 6.61 Å². The van der Waals surface area contributed by atoms with E-state index in [0.717, 1.165) is 4.90 Å². The van der Waals surface area contributed by atoms with Crippen LogP contribution in [0.25, 0.3) is 0 Å². The minimum Gasteiger partial charge on any atom is -0.462 e. The summed E-state index contributed by atoms with van der Waals surface area (Å²) < 4.78 is 10.2. The SMILES string of the molecule is C/C(=C\CN1C(=O)c2ccccc2C1=O)C(=O)OC1C(=O)OCC1(C)C. The molecule has 1 saturated heterocycles. The molecule has 1 aromatic rings. The van der Waals surface area contributed by atoms with E-state index in [1.807, 2.05) is 0 Å². The minimum absolute atomic E-state index is 0.0498. The first kappa shape index (κ1) is 17.8. The van der Waals surface area contributed by atoms with Crippen molar-refractivity contribution in [2.75, 3.05) is 13.2 Å². The molecule has 0 N–H and O–H groups in total. The molecule has 136 valence electrons. The van der Waals surface area contributed by atoms with E-state index in [0.29, 0.717) is 11.1 Å². The zero-order chi connectivity index (χ0) is 19.1. The van der Waals surface area contributed by atoms with Crippen molar-refractivity contribution in [3.05, 3.63) is 47.0 Å². The number of amides is 2. The molecule has 2 aliphatic rings. The lowest BCUT2D eigenvalue weighted by molar-refractivity contribution is -0.160. The van der Waals surface area contributed by atoms with Gasteiger partial charge >= 0.3 is 11.9 Å².